The molecular formula is C36H56N6O8S. The fourth-order valence-corrected chi connectivity index (χ4v) is 7.16. The number of urea groups is 2. The summed E-state index contributed by atoms with van der Waals surface area (Å²) < 4.78 is 51.3. The number of amides is 4. The number of rotatable bonds is 23. The van der Waals surface area contributed by atoms with E-state index in [0.717, 1.165) is 32.4 Å². The zero-order chi connectivity index (χ0) is 36.2. The standard InChI is InChI=1S/C36H56N6O8S/c1-2-37-35(43)38-16-6-7-17-39-36(44)40-18-22-47-24-26-49-27-25-48-23-19-41-51(45,46)31-14-12-30(13-15-31)50-34-32-11-5-4-10-29(32)28-33(34)42-20-8-3-9-21-42/h4-5,10-15,33-34,41H,2-3,6-9,16-28H2,1H3,(H2,37,38,43)(H2,39,40,44)/t33-,34-/m0/s1. The number of carbonyl (C=O) groups is 2. The molecule has 0 unspecified atom stereocenters. The molecule has 2 aromatic carbocycles. The normalized spacial score (nSPS) is 17.4. The molecule has 15 heteroatoms. The fraction of sp³-hybridized carbons (Fsp3) is 0.611. The predicted molar refractivity (Wildman–Crippen MR) is 195 cm³/mol. The van der Waals surface area contributed by atoms with Crippen LogP contribution in [0.1, 0.15) is 56.3 Å². The highest BCUT2D eigenvalue weighted by Crippen LogP contribution is 2.39. The van der Waals surface area contributed by atoms with Gasteiger partial charge in [0.25, 0.3) is 0 Å². The van der Waals surface area contributed by atoms with E-state index in [9.17, 15) is 18.0 Å². The lowest BCUT2D eigenvalue weighted by Crippen LogP contribution is -2.43. The zero-order valence-electron chi connectivity index (χ0n) is 29.8. The SMILES string of the molecule is CCNC(=O)NCCCCNC(=O)NCCOCCOCCOCCNS(=O)(=O)c1ccc(O[C@H]2c3ccccc3C[C@@H]2N2CCCCC2)cc1. The van der Waals surface area contributed by atoms with Gasteiger partial charge in [-0.3, -0.25) is 4.90 Å². The van der Waals surface area contributed by atoms with Crippen molar-refractivity contribution in [2.24, 2.45) is 0 Å². The van der Waals surface area contributed by atoms with Gasteiger partial charge in [0.2, 0.25) is 10.0 Å². The van der Waals surface area contributed by atoms with Gasteiger partial charge in [-0.1, -0.05) is 30.7 Å². The van der Waals surface area contributed by atoms with E-state index in [0.29, 0.717) is 65.0 Å². The Morgan fingerprint density at radius 1 is 0.725 bits per heavy atom. The van der Waals surface area contributed by atoms with Crippen molar-refractivity contribution in [1.82, 2.24) is 30.9 Å². The lowest BCUT2D eigenvalue weighted by atomic mass is 10.0. The topological polar surface area (TPSA) is 169 Å². The molecular weight excluding hydrogens is 676 g/mol. The van der Waals surface area contributed by atoms with Crippen LogP contribution in [0.2, 0.25) is 0 Å². The van der Waals surface area contributed by atoms with Crippen LogP contribution in [0.5, 0.6) is 5.75 Å². The maximum absolute atomic E-state index is 12.9. The van der Waals surface area contributed by atoms with Gasteiger partial charge in [-0.2, -0.15) is 0 Å². The van der Waals surface area contributed by atoms with Crippen LogP contribution in [0.15, 0.2) is 53.4 Å². The monoisotopic (exact) mass is 732 g/mol. The highest BCUT2D eigenvalue weighted by Gasteiger charge is 2.38. The first kappa shape index (κ1) is 40.3. The number of hydrogen-bond acceptors (Lipinski definition) is 9. The summed E-state index contributed by atoms with van der Waals surface area (Å²) in [6, 6.07) is 14.9. The second kappa shape index (κ2) is 22.5. The minimum atomic E-state index is -3.70. The summed E-state index contributed by atoms with van der Waals surface area (Å²) in [7, 11) is -3.70. The van der Waals surface area contributed by atoms with Crippen LogP contribution < -0.4 is 30.7 Å². The molecule has 1 saturated heterocycles. The Bertz CT molecular complexity index is 1430. The smallest absolute Gasteiger partial charge is 0.314 e. The molecule has 0 radical (unpaired) electrons. The number of hydrogen-bond donors (Lipinski definition) is 5. The molecule has 4 amide bonds. The lowest BCUT2D eigenvalue weighted by molar-refractivity contribution is 0.0165. The average molecular weight is 733 g/mol. The number of nitrogens with one attached hydrogen (secondary N) is 5. The van der Waals surface area contributed by atoms with E-state index >= 15 is 0 Å². The van der Waals surface area contributed by atoms with Crippen LogP contribution in [0.4, 0.5) is 9.59 Å². The molecule has 0 aromatic heterocycles. The van der Waals surface area contributed by atoms with Crippen LogP contribution in [0, 0.1) is 0 Å². The maximum Gasteiger partial charge on any atom is 0.314 e. The highest BCUT2D eigenvalue weighted by atomic mass is 32.2. The number of fused-ring (bicyclic) bond motifs is 1. The Labute approximate surface area is 302 Å². The largest absolute Gasteiger partial charge is 0.484 e. The predicted octanol–water partition coefficient (Wildman–Crippen LogP) is 2.94. The van der Waals surface area contributed by atoms with Gasteiger partial charge in [-0.25, -0.2) is 22.7 Å². The number of likely N-dealkylation sites (tertiary alicyclic amines) is 1. The number of sulfonamides is 1. The van der Waals surface area contributed by atoms with E-state index < -0.39 is 10.0 Å². The number of piperidine rings is 1. The van der Waals surface area contributed by atoms with E-state index in [4.69, 9.17) is 18.9 Å². The van der Waals surface area contributed by atoms with Gasteiger partial charge in [0.05, 0.1) is 50.6 Å². The van der Waals surface area contributed by atoms with Crippen molar-refractivity contribution in [1.29, 1.82) is 0 Å². The molecule has 14 nitrogen and oxygen atoms in total. The summed E-state index contributed by atoms with van der Waals surface area (Å²) in [4.78, 5) is 25.8. The van der Waals surface area contributed by atoms with Crippen molar-refractivity contribution in [2.75, 3.05) is 85.5 Å². The van der Waals surface area contributed by atoms with Crippen molar-refractivity contribution in [3.63, 3.8) is 0 Å². The van der Waals surface area contributed by atoms with Crippen molar-refractivity contribution < 1.29 is 37.0 Å². The molecule has 2 aromatic rings. The molecule has 1 fully saturated rings. The third kappa shape index (κ3) is 14.2. The molecule has 0 spiro atoms. The summed E-state index contributed by atoms with van der Waals surface area (Å²) in [5, 5.41) is 10.9. The van der Waals surface area contributed by atoms with Crippen molar-refractivity contribution >= 4 is 22.1 Å². The number of carbonyl (C=O) groups excluding carboxylic acids is 2. The lowest BCUT2D eigenvalue weighted by Gasteiger charge is -2.35. The van der Waals surface area contributed by atoms with Gasteiger partial charge in [0.1, 0.15) is 11.9 Å². The maximum atomic E-state index is 12.9. The molecule has 1 aliphatic carbocycles. The first-order valence-corrected chi connectivity index (χ1v) is 19.7. The summed E-state index contributed by atoms with van der Waals surface area (Å²) in [6.07, 6.45) is 6.10. The molecule has 0 saturated carbocycles. The van der Waals surface area contributed by atoms with Crippen molar-refractivity contribution in [3.05, 3.63) is 59.7 Å². The van der Waals surface area contributed by atoms with Crippen LogP contribution in [0.3, 0.4) is 0 Å². The van der Waals surface area contributed by atoms with Gasteiger partial charge in [0, 0.05) is 32.7 Å². The molecule has 4 rings (SSSR count). The van der Waals surface area contributed by atoms with Gasteiger partial charge >= 0.3 is 12.1 Å². The summed E-state index contributed by atoms with van der Waals surface area (Å²) in [6.45, 7) is 8.17. The Kier molecular flexibility index (Phi) is 17.8. The number of nitrogens with zero attached hydrogens (tertiary/aromatic N) is 1. The van der Waals surface area contributed by atoms with Crippen molar-refractivity contribution in [2.45, 2.75) is 62.5 Å². The van der Waals surface area contributed by atoms with Crippen LogP contribution in [-0.4, -0.2) is 117 Å². The average Bonchev–Trinajstić information content (AvgIpc) is 3.50. The van der Waals surface area contributed by atoms with Gasteiger partial charge in [0.15, 0.2) is 0 Å². The Morgan fingerprint density at radius 2 is 1.31 bits per heavy atom. The zero-order valence-corrected chi connectivity index (χ0v) is 30.6. The first-order valence-electron chi connectivity index (χ1n) is 18.2. The Hall–Kier alpha value is -3.47. The Morgan fingerprint density at radius 3 is 1.98 bits per heavy atom. The van der Waals surface area contributed by atoms with E-state index in [1.165, 1.54) is 30.4 Å². The van der Waals surface area contributed by atoms with Gasteiger partial charge in [-0.05, 0) is 87.5 Å². The summed E-state index contributed by atoms with van der Waals surface area (Å²) >= 11 is 0. The molecule has 2 atom stereocenters. The fourth-order valence-electron chi connectivity index (χ4n) is 6.14. The third-order valence-electron chi connectivity index (χ3n) is 8.72. The summed E-state index contributed by atoms with van der Waals surface area (Å²) in [5.74, 6) is 0.651. The minimum Gasteiger partial charge on any atom is -0.484 e. The molecule has 284 valence electrons. The van der Waals surface area contributed by atoms with E-state index in [-0.39, 0.29) is 42.3 Å². The first-order chi connectivity index (χ1) is 24.9. The quantitative estimate of drug-likeness (QED) is 0.108. The second-order valence-electron chi connectivity index (χ2n) is 12.5. The number of unbranched alkanes of at least 4 members (excludes halogenated alkanes) is 1. The van der Waals surface area contributed by atoms with Crippen LogP contribution >= 0.6 is 0 Å². The molecule has 2 aliphatic rings. The minimum absolute atomic E-state index is 0.0886. The Balaban J connectivity index is 1.00. The second-order valence-corrected chi connectivity index (χ2v) is 14.3. The molecule has 0 bridgehead atoms. The highest BCUT2D eigenvalue weighted by molar-refractivity contribution is 7.89. The molecule has 5 N–H and O–H groups in total. The molecule has 1 aliphatic heterocycles. The van der Waals surface area contributed by atoms with Crippen molar-refractivity contribution in [3.8, 4) is 5.75 Å². The van der Waals surface area contributed by atoms with Gasteiger partial charge < -0.3 is 40.2 Å². The third-order valence-corrected chi connectivity index (χ3v) is 10.2. The van der Waals surface area contributed by atoms with E-state index in [2.05, 4.69) is 55.2 Å². The summed E-state index contributed by atoms with van der Waals surface area (Å²) in [5.41, 5.74) is 2.53. The van der Waals surface area contributed by atoms with E-state index in [1.807, 2.05) is 6.92 Å². The number of benzene rings is 2. The van der Waals surface area contributed by atoms with Crippen LogP contribution in [-0.2, 0) is 30.7 Å². The molecule has 51 heavy (non-hydrogen) atoms. The molecule has 1 heterocycles. The van der Waals surface area contributed by atoms with E-state index in [1.54, 1.807) is 24.3 Å². The number of ether oxygens (including phenoxy) is 4. The van der Waals surface area contributed by atoms with Crippen LogP contribution in [0.25, 0.3) is 0 Å². The van der Waals surface area contributed by atoms with Gasteiger partial charge in [-0.15, -0.1) is 0 Å².